The van der Waals surface area contributed by atoms with Gasteiger partial charge in [-0.15, -0.1) is 0 Å². The molecule has 7 heteroatoms. The molecule has 120 valence electrons. The lowest BCUT2D eigenvalue weighted by molar-refractivity contribution is 0.278. The molecule has 1 aromatic rings. The van der Waals surface area contributed by atoms with Gasteiger partial charge in [-0.25, -0.2) is 17.5 Å². The molecule has 0 aliphatic heterocycles. The van der Waals surface area contributed by atoms with Gasteiger partial charge < -0.3 is 10.2 Å². The SMILES string of the molecule is CNCc1ccc(F)cc1S(=O)(=O)NCCN(C)C(C)C. The number of likely N-dealkylation sites (N-methyl/N-ethyl adjacent to an activating group) is 1. The van der Waals surface area contributed by atoms with E-state index in [4.69, 9.17) is 0 Å². The molecule has 2 N–H and O–H groups in total. The third-order valence-electron chi connectivity index (χ3n) is 3.32. The minimum atomic E-state index is -3.71. The van der Waals surface area contributed by atoms with E-state index in [-0.39, 0.29) is 11.4 Å². The number of hydrogen-bond donors (Lipinski definition) is 2. The predicted octanol–water partition coefficient (Wildman–Crippen LogP) is 1.16. The summed E-state index contributed by atoms with van der Waals surface area (Å²) in [6.45, 7) is 5.31. The Bertz CT molecular complexity index is 561. The Morgan fingerprint density at radius 3 is 2.57 bits per heavy atom. The first-order valence-electron chi connectivity index (χ1n) is 6.91. The third-order valence-corrected chi connectivity index (χ3v) is 4.87. The lowest BCUT2D eigenvalue weighted by Crippen LogP contribution is -2.36. The summed E-state index contributed by atoms with van der Waals surface area (Å²) in [7, 11) is -0.0764. The van der Waals surface area contributed by atoms with Crippen molar-refractivity contribution in [1.29, 1.82) is 0 Å². The maximum Gasteiger partial charge on any atom is 0.241 e. The summed E-state index contributed by atoms with van der Waals surface area (Å²) in [6.07, 6.45) is 0. The fourth-order valence-corrected chi connectivity index (χ4v) is 3.08. The van der Waals surface area contributed by atoms with Crippen LogP contribution in [-0.4, -0.2) is 46.5 Å². The summed E-state index contributed by atoms with van der Waals surface area (Å²) >= 11 is 0. The van der Waals surface area contributed by atoms with E-state index in [1.165, 1.54) is 12.1 Å². The second-order valence-corrected chi connectivity index (χ2v) is 6.99. The Balaban J connectivity index is 2.85. The Morgan fingerprint density at radius 1 is 1.33 bits per heavy atom. The van der Waals surface area contributed by atoms with Crippen LogP contribution in [0.25, 0.3) is 0 Å². The van der Waals surface area contributed by atoms with Crippen molar-refractivity contribution in [2.24, 2.45) is 0 Å². The number of hydrogen-bond acceptors (Lipinski definition) is 4. The summed E-state index contributed by atoms with van der Waals surface area (Å²) in [5, 5.41) is 2.88. The highest BCUT2D eigenvalue weighted by atomic mass is 32.2. The van der Waals surface area contributed by atoms with Crippen LogP contribution in [-0.2, 0) is 16.6 Å². The van der Waals surface area contributed by atoms with Gasteiger partial charge in [-0.05, 0) is 45.6 Å². The van der Waals surface area contributed by atoms with Gasteiger partial charge in [-0.2, -0.15) is 0 Å². The predicted molar refractivity (Wildman–Crippen MR) is 82.1 cm³/mol. The molecule has 5 nitrogen and oxygen atoms in total. The third kappa shape index (κ3) is 5.35. The summed E-state index contributed by atoms with van der Waals surface area (Å²) in [6, 6.07) is 4.14. The summed E-state index contributed by atoms with van der Waals surface area (Å²) in [4.78, 5) is 2.02. The second kappa shape index (κ2) is 7.84. The minimum absolute atomic E-state index is 0.0101. The van der Waals surface area contributed by atoms with E-state index in [9.17, 15) is 12.8 Å². The van der Waals surface area contributed by atoms with Crippen molar-refractivity contribution >= 4 is 10.0 Å². The summed E-state index contributed by atoms with van der Waals surface area (Å²) < 4.78 is 40.5. The normalized spacial score (nSPS) is 12.3. The molecule has 0 saturated heterocycles. The van der Waals surface area contributed by atoms with Gasteiger partial charge in [0.15, 0.2) is 0 Å². The Hall–Kier alpha value is -1.02. The molecule has 1 rings (SSSR count). The van der Waals surface area contributed by atoms with E-state index in [0.29, 0.717) is 24.7 Å². The van der Waals surface area contributed by atoms with E-state index in [2.05, 4.69) is 10.0 Å². The molecule has 0 spiro atoms. The van der Waals surface area contributed by atoms with Crippen molar-refractivity contribution in [1.82, 2.24) is 14.9 Å². The topological polar surface area (TPSA) is 61.4 Å². The van der Waals surface area contributed by atoms with Crippen LogP contribution in [0.1, 0.15) is 19.4 Å². The van der Waals surface area contributed by atoms with Crippen LogP contribution in [0, 0.1) is 5.82 Å². The van der Waals surface area contributed by atoms with Gasteiger partial charge >= 0.3 is 0 Å². The van der Waals surface area contributed by atoms with Crippen molar-refractivity contribution in [2.75, 3.05) is 27.2 Å². The Kier molecular flexibility index (Phi) is 6.73. The van der Waals surface area contributed by atoms with Crippen molar-refractivity contribution < 1.29 is 12.8 Å². The van der Waals surface area contributed by atoms with Gasteiger partial charge in [0.05, 0.1) is 4.90 Å². The first-order valence-corrected chi connectivity index (χ1v) is 8.39. The molecule has 0 atom stereocenters. The Labute approximate surface area is 126 Å². The lowest BCUT2D eigenvalue weighted by Gasteiger charge is -2.21. The Morgan fingerprint density at radius 2 is 2.00 bits per heavy atom. The standard InChI is InChI=1S/C14H24FN3O2S/c1-11(2)18(4)8-7-17-21(19,20)14-9-13(15)6-5-12(14)10-16-3/h5-6,9,11,16-17H,7-8,10H2,1-4H3. The summed E-state index contributed by atoms with van der Waals surface area (Å²) in [5.74, 6) is -0.561. The minimum Gasteiger partial charge on any atom is -0.316 e. The van der Waals surface area contributed by atoms with E-state index in [1.807, 2.05) is 25.8 Å². The largest absolute Gasteiger partial charge is 0.316 e. The quantitative estimate of drug-likeness (QED) is 0.755. The van der Waals surface area contributed by atoms with Gasteiger partial charge in [0.1, 0.15) is 5.82 Å². The van der Waals surface area contributed by atoms with Crippen molar-refractivity contribution in [3.63, 3.8) is 0 Å². The average molecular weight is 317 g/mol. The average Bonchev–Trinajstić information content (AvgIpc) is 2.40. The maximum atomic E-state index is 13.4. The molecule has 21 heavy (non-hydrogen) atoms. The molecule has 0 radical (unpaired) electrons. The second-order valence-electron chi connectivity index (χ2n) is 5.25. The lowest BCUT2D eigenvalue weighted by atomic mass is 10.2. The fraction of sp³-hybridized carbons (Fsp3) is 0.571. The fourth-order valence-electron chi connectivity index (χ4n) is 1.81. The number of sulfonamides is 1. The molecule has 1 aromatic carbocycles. The van der Waals surface area contributed by atoms with Crippen LogP contribution in [0.3, 0.4) is 0 Å². The van der Waals surface area contributed by atoms with Gasteiger partial charge in [0, 0.05) is 25.7 Å². The monoisotopic (exact) mass is 317 g/mol. The number of halogens is 1. The number of rotatable bonds is 8. The molecule has 0 saturated carbocycles. The highest BCUT2D eigenvalue weighted by Gasteiger charge is 2.19. The van der Waals surface area contributed by atoms with Crippen LogP contribution < -0.4 is 10.0 Å². The van der Waals surface area contributed by atoms with Crippen molar-refractivity contribution in [3.05, 3.63) is 29.6 Å². The van der Waals surface area contributed by atoms with Crippen molar-refractivity contribution in [2.45, 2.75) is 31.3 Å². The zero-order chi connectivity index (χ0) is 16.0. The molecule has 0 aliphatic rings. The van der Waals surface area contributed by atoms with Gasteiger partial charge in [-0.1, -0.05) is 6.07 Å². The number of nitrogens with one attached hydrogen (secondary N) is 2. The first-order chi connectivity index (χ1) is 9.77. The van der Waals surface area contributed by atoms with Crippen LogP contribution in [0.5, 0.6) is 0 Å². The van der Waals surface area contributed by atoms with E-state index in [1.54, 1.807) is 7.05 Å². The maximum absolute atomic E-state index is 13.4. The molecular weight excluding hydrogens is 293 g/mol. The zero-order valence-corrected chi connectivity index (χ0v) is 13.8. The van der Waals surface area contributed by atoms with Crippen LogP contribution in [0.4, 0.5) is 4.39 Å². The first kappa shape index (κ1) is 18.0. The molecule has 0 amide bonds. The number of nitrogens with zero attached hydrogens (tertiary/aromatic N) is 1. The smallest absolute Gasteiger partial charge is 0.241 e. The molecule has 0 heterocycles. The highest BCUT2D eigenvalue weighted by molar-refractivity contribution is 7.89. The molecule has 0 unspecified atom stereocenters. The molecule has 0 fully saturated rings. The molecular formula is C14H24FN3O2S. The van der Waals surface area contributed by atoms with E-state index < -0.39 is 15.8 Å². The van der Waals surface area contributed by atoms with Gasteiger partial charge in [0.25, 0.3) is 0 Å². The number of benzene rings is 1. The molecule has 0 aromatic heterocycles. The highest BCUT2D eigenvalue weighted by Crippen LogP contribution is 2.17. The molecule has 0 bridgehead atoms. The zero-order valence-electron chi connectivity index (χ0n) is 13.0. The summed E-state index contributed by atoms with van der Waals surface area (Å²) in [5.41, 5.74) is 0.545. The van der Waals surface area contributed by atoms with E-state index >= 15 is 0 Å². The van der Waals surface area contributed by atoms with Gasteiger partial charge in [0.2, 0.25) is 10.0 Å². The van der Waals surface area contributed by atoms with Gasteiger partial charge in [-0.3, -0.25) is 0 Å². The van der Waals surface area contributed by atoms with Crippen LogP contribution >= 0.6 is 0 Å². The molecule has 0 aliphatic carbocycles. The van der Waals surface area contributed by atoms with Crippen molar-refractivity contribution in [3.8, 4) is 0 Å². The van der Waals surface area contributed by atoms with Crippen LogP contribution in [0.15, 0.2) is 23.1 Å². The van der Waals surface area contributed by atoms with E-state index in [0.717, 1.165) is 6.07 Å². The van der Waals surface area contributed by atoms with Crippen LogP contribution in [0.2, 0.25) is 0 Å².